The summed E-state index contributed by atoms with van der Waals surface area (Å²) in [6.07, 6.45) is 4.55. The van der Waals surface area contributed by atoms with Crippen LogP contribution < -0.4 is 15.8 Å². The number of halogens is 1. The third-order valence-electron chi connectivity index (χ3n) is 5.37. The van der Waals surface area contributed by atoms with Crippen molar-refractivity contribution in [1.82, 2.24) is 24.4 Å². The quantitative estimate of drug-likeness (QED) is 0.676. The molecule has 31 heavy (non-hydrogen) atoms. The first-order valence-corrected chi connectivity index (χ1v) is 10.3. The van der Waals surface area contributed by atoms with Crippen molar-refractivity contribution in [3.8, 4) is 11.3 Å². The Kier molecular flexibility index (Phi) is 5.94. The van der Waals surface area contributed by atoms with Crippen LogP contribution in [0, 0.1) is 5.82 Å². The van der Waals surface area contributed by atoms with Crippen molar-refractivity contribution in [3.63, 3.8) is 0 Å². The lowest BCUT2D eigenvalue weighted by Crippen LogP contribution is -2.44. The molecule has 0 amide bonds. The van der Waals surface area contributed by atoms with Gasteiger partial charge in [-0.2, -0.15) is 0 Å². The van der Waals surface area contributed by atoms with Crippen LogP contribution in [0.1, 0.15) is 19.9 Å². The Hall–Kier alpha value is -3.33. The number of nitrogens with one attached hydrogen (secondary N) is 1. The molecule has 1 aliphatic heterocycles. The molecular weight excluding hydrogens is 397 g/mol. The molecule has 3 aromatic heterocycles. The van der Waals surface area contributed by atoms with Crippen LogP contribution in [0.3, 0.4) is 0 Å². The Bertz CT molecular complexity index is 1110. The second kappa shape index (κ2) is 8.81. The van der Waals surface area contributed by atoms with Crippen LogP contribution in [-0.4, -0.2) is 57.6 Å². The Labute approximate surface area is 180 Å². The number of hydrogen-bond acceptors (Lipinski definition) is 7. The summed E-state index contributed by atoms with van der Waals surface area (Å²) < 4.78 is 16.0. The fourth-order valence-electron chi connectivity index (χ4n) is 3.50. The van der Waals surface area contributed by atoms with Crippen LogP contribution in [-0.2, 0) is 0 Å². The van der Waals surface area contributed by atoms with Gasteiger partial charge in [0.1, 0.15) is 11.5 Å². The van der Waals surface area contributed by atoms with Gasteiger partial charge in [-0.3, -0.25) is 4.79 Å². The molecule has 0 unspecified atom stereocenters. The first kappa shape index (κ1) is 20.9. The molecule has 0 saturated carbocycles. The highest BCUT2D eigenvalue weighted by atomic mass is 19.1. The van der Waals surface area contributed by atoms with E-state index >= 15 is 0 Å². The lowest BCUT2D eigenvalue weighted by atomic mass is 10.2. The van der Waals surface area contributed by atoms with Gasteiger partial charge in [-0.25, -0.2) is 19.3 Å². The maximum atomic E-state index is 14.4. The Morgan fingerprint density at radius 3 is 2.48 bits per heavy atom. The fourth-order valence-corrected chi connectivity index (χ4v) is 3.50. The summed E-state index contributed by atoms with van der Waals surface area (Å²) in [5, 5.41) is 3.03. The van der Waals surface area contributed by atoms with E-state index in [1.165, 1.54) is 6.07 Å². The molecule has 0 aromatic carbocycles. The van der Waals surface area contributed by atoms with Gasteiger partial charge >= 0.3 is 0 Å². The molecule has 4 heterocycles. The van der Waals surface area contributed by atoms with Gasteiger partial charge in [-0.1, -0.05) is 0 Å². The molecule has 162 valence electrons. The second-order valence-corrected chi connectivity index (χ2v) is 7.96. The largest absolute Gasteiger partial charge is 0.368 e. The van der Waals surface area contributed by atoms with Crippen molar-refractivity contribution in [2.75, 3.05) is 43.4 Å². The average molecular weight is 423 g/mol. The number of anilines is 3. The van der Waals surface area contributed by atoms with Crippen LogP contribution in [0.25, 0.3) is 11.3 Å². The molecule has 0 aliphatic carbocycles. The monoisotopic (exact) mass is 423 g/mol. The first-order chi connectivity index (χ1) is 14.9. The average Bonchev–Trinajstić information content (AvgIpc) is 2.76. The molecule has 3 aromatic rings. The molecule has 0 bridgehead atoms. The molecule has 0 radical (unpaired) electrons. The van der Waals surface area contributed by atoms with Crippen LogP contribution >= 0.6 is 0 Å². The van der Waals surface area contributed by atoms with Crippen molar-refractivity contribution >= 4 is 17.5 Å². The van der Waals surface area contributed by atoms with E-state index in [0.717, 1.165) is 38.1 Å². The normalized spacial score (nSPS) is 14.8. The maximum Gasteiger partial charge on any atom is 0.250 e. The summed E-state index contributed by atoms with van der Waals surface area (Å²) in [5.74, 6) is 0.249. The standard InChI is InChI=1S/C22H26FN7O/c1-15(2)30-14-16(4-7-20(30)31)21-18(23)13-25-22(27-21)26-19-6-5-17(12-24-19)29-10-8-28(3)9-11-29/h4-7,12-15H,8-11H2,1-3H3,(H,24,25,26,27). The Morgan fingerprint density at radius 2 is 1.81 bits per heavy atom. The second-order valence-electron chi connectivity index (χ2n) is 7.96. The van der Waals surface area contributed by atoms with Gasteiger partial charge in [0.05, 0.1) is 18.1 Å². The minimum absolute atomic E-state index is 0.0436. The van der Waals surface area contributed by atoms with E-state index in [9.17, 15) is 9.18 Å². The van der Waals surface area contributed by atoms with E-state index in [4.69, 9.17) is 0 Å². The van der Waals surface area contributed by atoms with E-state index in [2.05, 4.69) is 37.1 Å². The van der Waals surface area contributed by atoms with Crippen LogP contribution in [0.2, 0.25) is 0 Å². The summed E-state index contributed by atoms with van der Waals surface area (Å²) in [6.45, 7) is 7.77. The van der Waals surface area contributed by atoms with Crippen LogP contribution in [0.5, 0.6) is 0 Å². The summed E-state index contributed by atoms with van der Waals surface area (Å²) in [7, 11) is 2.12. The zero-order valence-electron chi connectivity index (χ0n) is 17.9. The molecule has 8 nitrogen and oxygen atoms in total. The van der Waals surface area contributed by atoms with Crippen molar-refractivity contribution in [2.45, 2.75) is 19.9 Å². The predicted octanol–water partition coefficient (Wildman–Crippen LogP) is 2.92. The molecule has 1 N–H and O–H groups in total. The first-order valence-electron chi connectivity index (χ1n) is 10.3. The topological polar surface area (TPSA) is 79.2 Å². The van der Waals surface area contributed by atoms with Crippen LogP contribution in [0.15, 0.2) is 47.7 Å². The Morgan fingerprint density at radius 1 is 1.03 bits per heavy atom. The number of piperazine rings is 1. The minimum atomic E-state index is -0.558. The number of hydrogen-bond donors (Lipinski definition) is 1. The van der Waals surface area contributed by atoms with Crippen molar-refractivity contribution in [3.05, 3.63) is 59.0 Å². The lowest BCUT2D eigenvalue weighted by molar-refractivity contribution is 0.313. The molecule has 1 saturated heterocycles. The number of aromatic nitrogens is 4. The lowest BCUT2D eigenvalue weighted by Gasteiger charge is -2.33. The van der Waals surface area contributed by atoms with Crippen LogP contribution in [0.4, 0.5) is 21.8 Å². The molecule has 1 fully saturated rings. The minimum Gasteiger partial charge on any atom is -0.368 e. The van der Waals surface area contributed by atoms with Gasteiger partial charge in [-0.05, 0) is 39.1 Å². The number of nitrogens with zero attached hydrogens (tertiary/aromatic N) is 6. The maximum absolute atomic E-state index is 14.4. The highest BCUT2D eigenvalue weighted by Crippen LogP contribution is 2.23. The van der Waals surface area contributed by atoms with E-state index in [1.54, 1.807) is 16.8 Å². The van der Waals surface area contributed by atoms with E-state index < -0.39 is 5.82 Å². The van der Waals surface area contributed by atoms with Gasteiger partial charge in [0.2, 0.25) is 5.95 Å². The summed E-state index contributed by atoms with van der Waals surface area (Å²) >= 11 is 0. The van der Waals surface area contributed by atoms with E-state index in [-0.39, 0.29) is 23.2 Å². The molecule has 0 atom stereocenters. The van der Waals surface area contributed by atoms with Gasteiger partial charge in [-0.15, -0.1) is 0 Å². The SMILES string of the molecule is CC(C)n1cc(-c2nc(Nc3ccc(N4CCN(C)CC4)cn3)ncc2F)ccc1=O. The molecule has 1 aliphatic rings. The van der Waals surface area contributed by atoms with Gasteiger partial charge < -0.3 is 19.7 Å². The third-order valence-corrected chi connectivity index (χ3v) is 5.37. The smallest absolute Gasteiger partial charge is 0.250 e. The van der Waals surface area contributed by atoms with E-state index in [0.29, 0.717) is 11.4 Å². The molecule has 9 heteroatoms. The molecular formula is C22H26FN7O. The summed E-state index contributed by atoms with van der Waals surface area (Å²) in [4.78, 5) is 29.4. The van der Waals surface area contributed by atoms with Crippen molar-refractivity contribution in [2.24, 2.45) is 0 Å². The molecule has 4 rings (SSSR count). The zero-order chi connectivity index (χ0) is 22.0. The fraction of sp³-hybridized carbons (Fsp3) is 0.364. The zero-order valence-corrected chi connectivity index (χ0v) is 17.9. The Balaban J connectivity index is 1.54. The predicted molar refractivity (Wildman–Crippen MR) is 119 cm³/mol. The highest BCUT2D eigenvalue weighted by Gasteiger charge is 2.15. The number of rotatable bonds is 5. The number of pyridine rings is 2. The summed E-state index contributed by atoms with van der Waals surface area (Å²) in [6, 6.07) is 6.81. The van der Waals surface area contributed by atoms with Gasteiger partial charge in [0.15, 0.2) is 5.82 Å². The number of likely N-dealkylation sites (N-methyl/N-ethyl adjacent to an activating group) is 1. The van der Waals surface area contributed by atoms with E-state index in [1.807, 2.05) is 32.2 Å². The van der Waals surface area contributed by atoms with Gasteiger partial charge in [0, 0.05) is 50.0 Å². The highest BCUT2D eigenvalue weighted by molar-refractivity contribution is 5.61. The molecule has 0 spiro atoms. The van der Waals surface area contributed by atoms with Crippen molar-refractivity contribution < 1.29 is 4.39 Å². The third kappa shape index (κ3) is 4.72. The summed E-state index contributed by atoms with van der Waals surface area (Å²) in [5.41, 5.74) is 1.56. The van der Waals surface area contributed by atoms with Gasteiger partial charge in [0.25, 0.3) is 5.56 Å². The van der Waals surface area contributed by atoms with Crippen molar-refractivity contribution in [1.29, 1.82) is 0 Å².